The quantitative estimate of drug-likeness (QED) is 0.425. The van der Waals surface area contributed by atoms with Crippen LogP contribution in [0.1, 0.15) is 36.8 Å². The molecule has 0 aromatic heterocycles. The summed E-state index contributed by atoms with van der Waals surface area (Å²) in [4.78, 5) is 4.40. The van der Waals surface area contributed by atoms with Crippen molar-refractivity contribution >= 4 is 5.96 Å². The van der Waals surface area contributed by atoms with Gasteiger partial charge in [0.05, 0.1) is 13.2 Å². The van der Waals surface area contributed by atoms with E-state index >= 15 is 0 Å². The fraction of sp³-hybridized carbons (Fsp3) is 0.480. The van der Waals surface area contributed by atoms with Crippen LogP contribution in [-0.4, -0.2) is 57.6 Å². The van der Waals surface area contributed by atoms with Gasteiger partial charge in [-0.1, -0.05) is 42.5 Å². The fourth-order valence-electron chi connectivity index (χ4n) is 4.11. The molecule has 1 atom stereocenters. The van der Waals surface area contributed by atoms with Crippen LogP contribution in [-0.2, 0) is 10.2 Å². The number of nitrogens with zero attached hydrogens (tertiary/aromatic N) is 1. The number of aliphatic hydroxyl groups excluding tert-OH is 1. The molecule has 1 saturated heterocycles. The predicted octanol–water partition coefficient (Wildman–Crippen LogP) is 3.07. The number of nitrogens with one attached hydrogen (secondary N) is 2. The number of ether oxygens (including phenoxy) is 2. The maximum atomic E-state index is 9.82. The van der Waals surface area contributed by atoms with Crippen LogP contribution >= 0.6 is 0 Å². The zero-order valence-corrected chi connectivity index (χ0v) is 18.6. The van der Waals surface area contributed by atoms with Crippen LogP contribution in [0.25, 0.3) is 0 Å². The Balaban J connectivity index is 1.64. The Hall–Kier alpha value is -2.57. The summed E-state index contributed by atoms with van der Waals surface area (Å²) in [5.74, 6) is 1.66. The monoisotopic (exact) mass is 425 g/mol. The van der Waals surface area contributed by atoms with E-state index < -0.39 is 0 Å². The fourth-order valence-corrected chi connectivity index (χ4v) is 4.11. The lowest BCUT2D eigenvalue weighted by atomic mass is 9.74. The van der Waals surface area contributed by atoms with E-state index in [1.54, 1.807) is 7.05 Å². The molecule has 0 saturated carbocycles. The smallest absolute Gasteiger partial charge is 0.191 e. The Kier molecular flexibility index (Phi) is 8.74. The van der Waals surface area contributed by atoms with Crippen molar-refractivity contribution in [3.8, 4) is 5.75 Å². The van der Waals surface area contributed by atoms with Gasteiger partial charge in [0, 0.05) is 44.7 Å². The third kappa shape index (κ3) is 6.21. The first-order valence-corrected chi connectivity index (χ1v) is 11.1. The second kappa shape index (κ2) is 11.7. The van der Waals surface area contributed by atoms with E-state index in [9.17, 15) is 5.11 Å². The maximum Gasteiger partial charge on any atom is 0.191 e. The summed E-state index contributed by atoms with van der Waals surface area (Å²) in [5, 5.41) is 16.7. The van der Waals surface area contributed by atoms with Gasteiger partial charge in [0.1, 0.15) is 5.75 Å². The number of hydrogen-bond donors (Lipinski definition) is 3. The molecule has 1 aliphatic rings. The van der Waals surface area contributed by atoms with E-state index in [-0.39, 0.29) is 17.9 Å². The largest absolute Gasteiger partial charge is 0.494 e. The van der Waals surface area contributed by atoms with Crippen molar-refractivity contribution < 1.29 is 14.6 Å². The van der Waals surface area contributed by atoms with Crippen LogP contribution in [0, 0.1) is 0 Å². The van der Waals surface area contributed by atoms with Gasteiger partial charge in [0.15, 0.2) is 5.96 Å². The molecule has 6 nitrogen and oxygen atoms in total. The Bertz CT molecular complexity index is 803. The first kappa shape index (κ1) is 23.1. The van der Waals surface area contributed by atoms with Gasteiger partial charge < -0.3 is 25.2 Å². The van der Waals surface area contributed by atoms with Gasteiger partial charge in [-0.2, -0.15) is 0 Å². The molecule has 3 rings (SSSR count). The minimum atomic E-state index is -0.0174. The van der Waals surface area contributed by atoms with E-state index in [4.69, 9.17) is 9.47 Å². The maximum absolute atomic E-state index is 9.82. The molecule has 6 heteroatoms. The average Bonchev–Trinajstić information content (AvgIpc) is 2.83. The van der Waals surface area contributed by atoms with E-state index in [1.165, 1.54) is 5.56 Å². The number of aliphatic hydroxyl groups is 1. The zero-order chi connectivity index (χ0) is 21.9. The topological polar surface area (TPSA) is 75.1 Å². The van der Waals surface area contributed by atoms with Crippen LogP contribution in [0.5, 0.6) is 5.75 Å². The van der Waals surface area contributed by atoms with E-state index in [0.29, 0.717) is 13.2 Å². The highest BCUT2D eigenvalue weighted by Crippen LogP contribution is 2.35. The summed E-state index contributed by atoms with van der Waals surface area (Å²) in [5.41, 5.74) is 2.39. The Morgan fingerprint density at radius 2 is 1.81 bits per heavy atom. The Morgan fingerprint density at radius 1 is 1.10 bits per heavy atom. The molecule has 0 bridgehead atoms. The minimum absolute atomic E-state index is 0.0166. The van der Waals surface area contributed by atoms with Gasteiger partial charge in [-0.05, 0) is 43.0 Å². The van der Waals surface area contributed by atoms with Crippen LogP contribution < -0.4 is 15.4 Å². The minimum Gasteiger partial charge on any atom is -0.494 e. The van der Waals surface area contributed by atoms with Gasteiger partial charge in [-0.3, -0.25) is 4.99 Å². The number of guanidine groups is 1. The van der Waals surface area contributed by atoms with Crippen molar-refractivity contribution in [2.75, 3.05) is 46.6 Å². The van der Waals surface area contributed by atoms with Gasteiger partial charge in [-0.25, -0.2) is 0 Å². The van der Waals surface area contributed by atoms with Crippen molar-refractivity contribution in [3.05, 3.63) is 65.7 Å². The Morgan fingerprint density at radius 3 is 2.42 bits per heavy atom. The van der Waals surface area contributed by atoms with Crippen molar-refractivity contribution in [3.63, 3.8) is 0 Å². The van der Waals surface area contributed by atoms with Crippen LogP contribution in [0.15, 0.2) is 59.6 Å². The highest BCUT2D eigenvalue weighted by Gasteiger charge is 2.34. The molecule has 0 aliphatic carbocycles. The summed E-state index contributed by atoms with van der Waals surface area (Å²) in [6.07, 6.45) is 1.91. The second-order valence-corrected chi connectivity index (χ2v) is 7.95. The number of hydrogen-bond acceptors (Lipinski definition) is 4. The summed E-state index contributed by atoms with van der Waals surface area (Å²) in [7, 11) is 1.78. The predicted molar refractivity (Wildman–Crippen MR) is 125 cm³/mol. The number of benzene rings is 2. The molecule has 1 unspecified atom stereocenters. The second-order valence-electron chi connectivity index (χ2n) is 7.95. The normalized spacial score (nSPS) is 17.1. The molecule has 31 heavy (non-hydrogen) atoms. The van der Waals surface area contributed by atoms with Crippen molar-refractivity contribution in [2.45, 2.75) is 31.1 Å². The molecule has 3 N–H and O–H groups in total. The first-order valence-electron chi connectivity index (χ1n) is 11.1. The summed E-state index contributed by atoms with van der Waals surface area (Å²) in [6.45, 7) is 5.62. The summed E-state index contributed by atoms with van der Waals surface area (Å²) >= 11 is 0. The van der Waals surface area contributed by atoms with Crippen LogP contribution in [0.2, 0.25) is 0 Å². The van der Waals surface area contributed by atoms with Gasteiger partial charge >= 0.3 is 0 Å². The molecule has 0 spiro atoms. The first-order chi connectivity index (χ1) is 15.2. The van der Waals surface area contributed by atoms with E-state index in [1.807, 2.05) is 37.3 Å². The third-order valence-electron chi connectivity index (χ3n) is 6.05. The lowest BCUT2D eigenvalue weighted by Crippen LogP contribution is -2.48. The van der Waals surface area contributed by atoms with Crippen molar-refractivity contribution in [1.82, 2.24) is 10.6 Å². The van der Waals surface area contributed by atoms with E-state index in [0.717, 1.165) is 49.9 Å². The average molecular weight is 426 g/mol. The van der Waals surface area contributed by atoms with Gasteiger partial charge in [0.25, 0.3) is 0 Å². The molecular weight excluding hydrogens is 390 g/mol. The molecule has 168 valence electrons. The van der Waals surface area contributed by atoms with Gasteiger partial charge in [-0.15, -0.1) is 0 Å². The molecule has 0 radical (unpaired) electrons. The molecule has 1 heterocycles. The number of aliphatic imine (C=N–C) groups is 1. The third-order valence-corrected chi connectivity index (χ3v) is 6.05. The molecule has 1 fully saturated rings. The highest BCUT2D eigenvalue weighted by atomic mass is 16.5. The van der Waals surface area contributed by atoms with Gasteiger partial charge in [0.2, 0.25) is 0 Å². The molecule has 1 aliphatic heterocycles. The van der Waals surface area contributed by atoms with Crippen LogP contribution in [0.3, 0.4) is 0 Å². The molecule has 2 aromatic rings. The zero-order valence-electron chi connectivity index (χ0n) is 18.6. The number of rotatable bonds is 9. The van der Waals surface area contributed by atoms with Crippen molar-refractivity contribution in [1.29, 1.82) is 0 Å². The SMILES string of the molecule is CCOc1ccc(C2(CNC(=NC)NCC(CO)c3ccccc3)CCOCC2)cc1. The van der Waals surface area contributed by atoms with Crippen molar-refractivity contribution in [2.24, 2.45) is 4.99 Å². The molecule has 0 amide bonds. The standard InChI is InChI=1S/C25H35N3O3/c1-3-31-23-11-9-22(10-12-23)25(13-15-30-16-14-25)19-28-24(26-2)27-17-21(18-29)20-7-5-4-6-8-20/h4-12,21,29H,3,13-19H2,1-2H3,(H2,26,27,28). The Labute approximate surface area is 185 Å². The van der Waals surface area contributed by atoms with Crippen LogP contribution in [0.4, 0.5) is 0 Å². The molecular formula is C25H35N3O3. The lowest BCUT2D eigenvalue weighted by molar-refractivity contribution is 0.0513. The molecule has 2 aromatic carbocycles. The summed E-state index contributed by atoms with van der Waals surface area (Å²) in [6, 6.07) is 18.5. The van der Waals surface area contributed by atoms with E-state index in [2.05, 4.69) is 39.9 Å². The lowest BCUT2D eigenvalue weighted by Gasteiger charge is -2.38. The summed E-state index contributed by atoms with van der Waals surface area (Å²) < 4.78 is 11.3. The highest BCUT2D eigenvalue weighted by molar-refractivity contribution is 5.79.